The molecular formula is C23H26N2O4. The summed E-state index contributed by atoms with van der Waals surface area (Å²) in [6.07, 6.45) is 1.61. The number of carbonyl (C=O) groups excluding carboxylic acids is 1. The summed E-state index contributed by atoms with van der Waals surface area (Å²) in [4.78, 5) is 17.1. The molecule has 1 fully saturated rings. The first kappa shape index (κ1) is 18.6. The predicted molar refractivity (Wildman–Crippen MR) is 108 cm³/mol. The third kappa shape index (κ3) is 3.75. The van der Waals surface area contributed by atoms with Crippen LogP contribution in [0.3, 0.4) is 0 Å². The molecule has 6 heteroatoms. The highest BCUT2D eigenvalue weighted by Gasteiger charge is 2.31. The highest BCUT2D eigenvalue weighted by Crippen LogP contribution is 2.34. The van der Waals surface area contributed by atoms with E-state index in [2.05, 4.69) is 15.9 Å². The molecule has 1 unspecified atom stereocenters. The molecule has 3 aliphatic heterocycles. The van der Waals surface area contributed by atoms with Crippen molar-refractivity contribution in [2.45, 2.75) is 25.6 Å². The smallest absolute Gasteiger partial charge is 0.231 e. The molecule has 0 saturated carbocycles. The molecule has 0 spiro atoms. The van der Waals surface area contributed by atoms with Crippen LogP contribution in [-0.2, 0) is 6.54 Å². The van der Waals surface area contributed by atoms with Crippen LogP contribution in [0.5, 0.6) is 11.5 Å². The van der Waals surface area contributed by atoms with Crippen LogP contribution in [-0.4, -0.2) is 53.7 Å². The molecule has 3 aliphatic rings. The Labute approximate surface area is 170 Å². The maximum absolute atomic E-state index is 12.7. The molecule has 152 valence electrons. The highest BCUT2D eigenvalue weighted by atomic mass is 16.7. The van der Waals surface area contributed by atoms with E-state index in [1.807, 2.05) is 24.3 Å². The number of piperidine rings is 1. The van der Waals surface area contributed by atoms with Crippen LogP contribution in [0.4, 0.5) is 0 Å². The second-order valence-electron chi connectivity index (χ2n) is 8.21. The minimum absolute atomic E-state index is 0.118. The third-order valence-electron chi connectivity index (χ3n) is 6.31. The summed E-state index contributed by atoms with van der Waals surface area (Å²) < 4.78 is 10.7. The van der Waals surface area contributed by atoms with E-state index < -0.39 is 6.23 Å². The largest absolute Gasteiger partial charge is 0.454 e. The SMILES string of the molecule is O=C(CN1CCC(CN2Cc3ccccc3C2O)CC1)c1ccc2c(c1)OCO2. The number of fused-ring (bicyclic) bond motifs is 2. The minimum atomic E-state index is -0.489. The number of Topliss-reactive ketones (excluding diaryl/α,β-unsaturated/α-hetero) is 1. The van der Waals surface area contributed by atoms with E-state index in [4.69, 9.17) is 9.47 Å². The molecule has 0 aromatic heterocycles. The number of benzene rings is 2. The molecule has 2 aromatic rings. The molecule has 2 aromatic carbocycles. The number of rotatable bonds is 5. The van der Waals surface area contributed by atoms with Crippen molar-refractivity contribution >= 4 is 5.78 Å². The van der Waals surface area contributed by atoms with E-state index in [0.29, 0.717) is 29.5 Å². The molecule has 29 heavy (non-hydrogen) atoms. The average Bonchev–Trinajstić information content (AvgIpc) is 3.34. The zero-order valence-corrected chi connectivity index (χ0v) is 16.4. The summed E-state index contributed by atoms with van der Waals surface area (Å²) in [6, 6.07) is 13.5. The van der Waals surface area contributed by atoms with Crippen LogP contribution in [0.15, 0.2) is 42.5 Å². The summed E-state index contributed by atoms with van der Waals surface area (Å²) in [5.41, 5.74) is 2.94. The number of nitrogens with zero attached hydrogens (tertiary/aromatic N) is 2. The van der Waals surface area contributed by atoms with Gasteiger partial charge in [0.05, 0.1) is 6.54 Å². The van der Waals surface area contributed by atoms with Crippen molar-refractivity contribution in [1.82, 2.24) is 9.80 Å². The normalized spacial score (nSPS) is 22.0. The maximum atomic E-state index is 12.7. The summed E-state index contributed by atoms with van der Waals surface area (Å²) in [5.74, 6) is 2.02. The van der Waals surface area contributed by atoms with Crippen molar-refractivity contribution < 1.29 is 19.4 Å². The highest BCUT2D eigenvalue weighted by molar-refractivity contribution is 5.98. The van der Waals surface area contributed by atoms with Crippen molar-refractivity contribution in [3.05, 3.63) is 59.2 Å². The maximum Gasteiger partial charge on any atom is 0.231 e. The molecule has 0 amide bonds. The van der Waals surface area contributed by atoms with Crippen LogP contribution < -0.4 is 9.47 Å². The van der Waals surface area contributed by atoms with Gasteiger partial charge in [0.25, 0.3) is 0 Å². The van der Waals surface area contributed by atoms with Crippen LogP contribution in [0.25, 0.3) is 0 Å². The number of ether oxygens (including phenoxy) is 2. The van der Waals surface area contributed by atoms with Gasteiger partial charge in [0.1, 0.15) is 6.23 Å². The number of hydrogen-bond acceptors (Lipinski definition) is 6. The minimum Gasteiger partial charge on any atom is -0.454 e. The fourth-order valence-electron chi connectivity index (χ4n) is 4.62. The molecule has 1 N–H and O–H groups in total. The zero-order valence-electron chi connectivity index (χ0n) is 16.4. The van der Waals surface area contributed by atoms with E-state index in [0.717, 1.165) is 44.6 Å². The fraction of sp³-hybridized carbons (Fsp3) is 0.435. The van der Waals surface area contributed by atoms with Gasteiger partial charge in [-0.2, -0.15) is 0 Å². The van der Waals surface area contributed by atoms with Gasteiger partial charge in [-0.25, -0.2) is 0 Å². The van der Waals surface area contributed by atoms with Gasteiger partial charge in [-0.05, 0) is 61.2 Å². The molecule has 3 heterocycles. The Balaban J connectivity index is 1.12. The predicted octanol–water partition coefficient (Wildman–Crippen LogP) is 2.82. The van der Waals surface area contributed by atoms with Gasteiger partial charge in [-0.1, -0.05) is 24.3 Å². The first-order valence-corrected chi connectivity index (χ1v) is 10.3. The molecule has 1 atom stereocenters. The Morgan fingerprint density at radius 1 is 1.07 bits per heavy atom. The lowest BCUT2D eigenvalue weighted by molar-refractivity contribution is -0.00352. The first-order chi connectivity index (χ1) is 14.2. The first-order valence-electron chi connectivity index (χ1n) is 10.3. The summed E-state index contributed by atoms with van der Waals surface area (Å²) in [7, 11) is 0. The van der Waals surface area contributed by atoms with Gasteiger partial charge >= 0.3 is 0 Å². The van der Waals surface area contributed by atoms with E-state index in [-0.39, 0.29) is 12.6 Å². The zero-order chi connectivity index (χ0) is 19.8. The summed E-state index contributed by atoms with van der Waals surface area (Å²) >= 11 is 0. The fourth-order valence-corrected chi connectivity index (χ4v) is 4.62. The molecule has 6 nitrogen and oxygen atoms in total. The van der Waals surface area contributed by atoms with Crippen molar-refractivity contribution in [2.24, 2.45) is 5.92 Å². The topological polar surface area (TPSA) is 62.2 Å². The van der Waals surface area contributed by atoms with Gasteiger partial charge in [0.15, 0.2) is 17.3 Å². The van der Waals surface area contributed by atoms with Crippen molar-refractivity contribution in [2.75, 3.05) is 33.0 Å². The van der Waals surface area contributed by atoms with Gasteiger partial charge < -0.3 is 14.6 Å². The number of likely N-dealkylation sites (tertiary alicyclic amines) is 1. The van der Waals surface area contributed by atoms with Gasteiger partial charge in [-0.15, -0.1) is 0 Å². The Morgan fingerprint density at radius 2 is 1.86 bits per heavy atom. The van der Waals surface area contributed by atoms with Gasteiger partial charge in [-0.3, -0.25) is 14.6 Å². The van der Waals surface area contributed by atoms with Crippen LogP contribution in [0.2, 0.25) is 0 Å². The van der Waals surface area contributed by atoms with Crippen molar-refractivity contribution in [3.8, 4) is 11.5 Å². The molecule has 0 radical (unpaired) electrons. The van der Waals surface area contributed by atoms with Crippen LogP contribution in [0, 0.1) is 5.92 Å². The molecule has 1 saturated heterocycles. The quantitative estimate of drug-likeness (QED) is 0.787. The van der Waals surface area contributed by atoms with Crippen LogP contribution >= 0.6 is 0 Å². The lowest BCUT2D eigenvalue weighted by Gasteiger charge is -2.34. The number of hydrogen-bond donors (Lipinski definition) is 1. The number of carbonyl (C=O) groups is 1. The number of aliphatic hydroxyl groups is 1. The van der Waals surface area contributed by atoms with Gasteiger partial charge in [0, 0.05) is 18.7 Å². The second-order valence-corrected chi connectivity index (χ2v) is 8.21. The van der Waals surface area contributed by atoms with Crippen molar-refractivity contribution in [3.63, 3.8) is 0 Å². The van der Waals surface area contributed by atoms with Crippen molar-refractivity contribution in [1.29, 1.82) is 0 Å². The molecule has 0 aliphatic carbocycles. The number of ketones is 1. The van der Waals surface area contributed by atoms with Gasteiger partial charge in [0.2, 0.25) is 6.79 Å². The second kappa shape index (κ2) is 7.78. The Bertz CT molecular complexity index is 908. The number of aliphatic hydroxyl groups excluding tert-OH is 1. The Morgan fingerprint density at radius 3 is 2.69 bits per heavy atom. The monoisotopic (exact) mass is 394 g/mol. The standard InChI is InChI=1S/C23H26N2O4/c26-20(17-5-6-21-22(11-17)29-15-28-21)14-24-9-7-16(8-10-24)12-25-13-18-3-1-2-4-19(18)23(25)27/h1-6,11,16,23,27H,7-10,12-15H2. The Hall–Kier alpha value is -2.41. The average molecular weight is 394 g/mol. The molecule has 0 bridgehead atoms. The molecule has 5 rings (SSSR count). The van der Waals surface area contributed by atoms with Crippen LogP contribution in [0.1, 0.15) is 40.6 Å². The Kier molecular flexibility index (Phi) is 4.99. The molecular weight excluding hydrogens is 368 g/mol. The van der Waals surface area contributed by atoms with E-state index in [9.17, 15) is 9.90 Å². The summed E-state index contributed by atoms with van der Waals surface area (Å²) in [5, 5.41) is 10.6. The summed E-state index contributed by atoms with van der Waals surface area (Å²) in [6.45, 7) is 4.21. The van der Waals surface area contributed by atoms with E-state index >= 15 is 0 Å². The van der Waals surface area contributed by atoms with E-state index in [1.54, 1.807) is 12.1 Å². The third-order valence-corrected chi connectivity index (χ3v) is 6.31. The lowest BCUT2D eigenvalue weighted by atomic mass is 9.95. The lowest BCUT2D eigenvalue weighted by Crippen LogP contribution is -2.40. The van der Waals surface area contributed by atoms with E-state index in [1.165, 1.54) is 5.56 Å².